The minimum atomic E-state index is 0.753. The molecule has 0 aliphatic carbocycles. The Morgan fingerprint density at radius 3 is 2.77 bits per heavy atom. The Bertz CT molecular complexity index is 658. The molecule has 2 saturated heterocycles. The van der Waals surface area contributed by atoms with Gasteiger partial charge in [-0.3, -0.25) is 4.98 Å². The lowest BCUT2D eigenvalue weighted by Gasteiger charge is -2.36. The van der Waals surface area contributed by atoms with Crippen LogP contribution in [0.1, 0.15) is 25.7 Å². The van der Waals surface area contributed by atoms with Crippen LogP contribution in [0.4, 0.5) is 5.69 Å². The number of nitrogens with one attached hydrogen (secondary N) is 1. The van der Waals surface area contributed by atoms with Gasteiger partial charge in [0.1, 0.15) is 0 Å². The first kappa shape index (κ1) is 14.3. The van der Waals surface area contributed by atoms with Crippen molar-refractivity contribution in [2.24, 2.45) is 5.92 Å². The van der Waals surface area contributed by atoms with E-state index in [1.807, 2.05) is 18.3 Å². The fourth-order valence-electron chi connectivity index (χ4n) is 4.04. The maximum Gasteiger partial charge on any atom is 0.0737 e. The Hall–Kier alpha value is -1.32. The molecule has 3 nitrogen and oxygen atoms in total. The number of anilines is 1. The summed E-state index contributed by atoms with van der Waals surface area (Å²) in [6.45, 7) is 3.50. The van der Waals surface area contributed by atoms with Crippen molar-refractivity contribution in [2.45, 2.75) is 31.7 Å². The van der Waals surface area contributed by atoms with Crippen molar-refractivity contribution >= 4 is 28.2 Å². The first-order valence-electron chi connectivity index (χ1n) is 8.34. The second-order valence-corrected chi connectivity index (χ2v) is 6.96. The quantitative estimate of drug-likeness (QED) is 0.912. The lowest BCUT2D eigenvalue weighted by atomic mass is 9.88. The van der Waals surface area contributed by atoms with Crippen LogP contribution in [0.3, 0.4) is 0 Å². The summed E-state index contributed by atoms with van der Waals surface area (Å²) in [4.78, 5) is 6.97. The van der Waals surface area contributed by atoms with Crippen LogP contribution >= 0.6 is 11.6 Å². The molecule has 1 atom stereocenters. The van der Waals surface area contributed by atoms with Gasteiger partial charge in [-0.15, -0.1) is 0 Å². The molecule has 1 aromatic heterocycles. The molecule has 2 aliphatic heterocycles. The summed E-state index contributed by atoms with van der Waals surface area (Å²) in [6.07, 6.45) is 7.19. The van der Waals surface area contributed by atoms with Crippen LogP contribution in [0.5, 0.6) is 0 Å². The third-order valence-corrected chi connectivity index (χ3v) is 5.46. The van der Waals surface area contributed by atoms with Crippen molar-refractivity contribution in [2.75, 3.05) is 24.5 Å². The number of nitrogens with zero attached hydrogens (tertiary/aromatic N) is 2. The number of benzene rings is 1. The van der Waals surface area contributed by atoms with Crippen molar-refractivity contribution in [3.05, 3.63) is 35.5 Å². The molecular weight excluding hydrogens is 294 g/mol. The molecule has 2 fully saturated rings. The van der Waals surface area contributed by atoms with Gasteiger partial charge in [0.2, 0.25) is 0 Å². The molecule has 2 aromatic rings. The summed E-state index contributed by atoms with van der Waals surface area (Å²) in [5.74, 6) is 0.848. The molecule has 0 saturated carbocycles. The smallest absolute Gasteiger partial charge is 0.0737 e. The van der Waals surface area contributed by atoms with Gasteiger partial charge in [-0.05, 0) is 62.4 Å². The molecule has 0 bridgehead atoms. The monoisotopic (exact) mass is 315 g/mol. The lowest BCUT2D eigenvalue weighted by Crippen LogP contribution is -2.41. The summed E-state index contributed by atoms with van der Waals surface area (Å²) in [5.41, 5.74) is 2.30. The summed E-state index contributed by atoms with van der Waals surface area (Å²) in [6, 6.07) is 8.92. The number of pyridine rings is 1. The van der Waals surface area contributed by atoms with Gasteiger partial charge < -0.3 is 10.2 Å². The number of hydrogen-bond acceptors (Lipinski definition) is 3. The third-order valence-electron chi connectivity index (χ3n) is 5.23. The highest BCUT2D eigenvalue weighted by Gasteiger charge is 2.28. The predicted octanol–water partition coefficient (Wildman–Crippen LogP) is 3.86. The van der Waals surface area contributed by atoms with Crippen LogP contribution in [-0.2, 0) is 0 Å². The molecule has 1 unspecified atom stereocenters. The van der Waals surface area contributed by atoms with Crippen LogP contribution in [0.25, 0.3) is 10.9 Å². The topological polar surface area (TPSA) is 28.2 Å². The van der Waals surface area contributed by atoms with E-state index in [0.717, 1.165) is 35.6 Å². The van der Waals surface area contributed by atoms with E-state index in [2.05, 4.69) is 27.3 Å². The number of halogens is 1. The van der Waals surface area contributed by atoms with Gasteiger partial charge in [0.15, 0.2) is 0 Å². The van der Waals surface area contributed by atoms with Gasteiger partial charge in [0, 0.05) is 41.4 Å². The van der Waals surface area contributed by atoms with Gasteiger partial charge in [0.05, 0.1) is 5.52 Å². The van der Waals surface area contributed by atoms with E-state index in [1.54, 1.807) is 0 Å². The highest BCUT2D eigenvalue weighted by atomic mass is 35.5. The van der Waals surface area contributed by atoms with Crippen molar-refractivity contribution in [1.29, 1.82) is 0 Å². The highest BCUT2D eigenvalue weighted by Crippen LogP contribution is 2.32. The van der Waals surface area contributed by atoms with Gasteiger partial charge in [-0.25, -0.2) is 0 Å². The zero-order valence-electron chi connectivity index (χ0n) is 12.8. The van der Waals surface area contributed by atoms with Gasteiger partial charge in [-0.1, -0.05) is 11.6 Å². The second-order valence-electron chi connectivity index (χ2n) is 6.52. The molecule has 0 amide bonds. The Morgan fingerprint density at radius 2 is 2.00 bits per heavy atom. The first-order valence-corrected chi connectivity index (χ1v) is 8.72. The summed E-state index contributed by atoms with van der Waals surface area (Å²) in [7, 11) is 0. The number of hydrogen-bond donors (Lipinski definition) is 1. The van der Waals surface area contributed by atoms with Crippen molar-refractivity contribution < 1.29 is 0 Å². The Kier molecular flexibility index (Phi) is 3.93. The Morgan fingerprint density at radius 1 is 1.14 bits per heavy atom. The number of rotatable bonds is 2. The van der Waals surface area contributed by atoms with Gasteiger partial charge in [-0.2, -0.15) is 0 Å². The molecule has 2 aliphatic rings. The largest absolute Gasteiger partial charge is 0.371 e. The molecule has 1 N–H and O–H groups in total. The van der Waals surface area contributed by atoms with Crippen LogP contribution in [0.2, 0.25) is 5.02 Å². The van der Waals surface area contributed by atoms with E-state index < -0.39 is 0 Å². The molecule has 1 aromatic carbocycles. The van der Waals surface area contributed by atoms with Crippen molar-refractivity contribution in [3.8, 4) is 0 Å². The third kappa shape index (κ3) is 2.68. The fraction of sp³-hybridized carbons (Fsp3) is 0.500. The van der Waals surface area contributed by atoms with Gasteiger partial charge >= 0.3 is 0 Å². The molecular formula is C18H22ClN3. The maximum atomic E-state index is 6.09. The number of fused-ring (bicyclic) bond motifs is 1. The molecule has 3 heterocycles. The van der Waals surface area contributed by atoms with Crippen LogP contribution in [-0.4, -0.2) is 30.7 Å². The molecule has 4 heteroatoms. The molecule has 22 heavy (non-hydrogen) atoms. The van der Waals surface area contributed by atoms with Gasteiger partial charge in [0.25, 0.3) is 0 Å². The van der Waals surface area contributed by atoms with E-state index in [0.29, 0.717) is 0 Å². The SMILES string of the molecule is Clc1ccc2c(N3CCC(C4CCCN4)CC3)ccnc2c1. The first-order chi connectivity index (χ1) is 10.8. The zero-order valence-corrected chi connectivity index (χ0v) is 13.5. The van der Waals surface area contributed by atoms with E-state index in [-0.39, 0.29) is 0 Å². The summed E-state index contributed by atoms with van der Waals surface area (Å²) >= 11 is 6.09. The summed E-state index contributed by atoms with van der Waals surface area (Å²) in [5, 5.41) is 5.64. The second kappa shape index (κ2) is 6.05. The van der Waals surface area contributed by atoms with E-state index in [1.165, 1.54) is 43.3 Å². The number of aromatic nitrogens is 1. The molecule has 0 spiro atoms. The minimum absolute atomic E-state index is 0.753. The molecule has 4 rings (SSSR count). The van der Waals surface area contributed by atoms with E-state index >= 15 is 0 Å². The zero-order chi connectivity index (χ0) is 14.9. The van der Waals surface area contributed by atoms with Crippen LogP contribution in [0, 0.1) is 5.92 Å². The maximum absolute atomic E-state index is 6.09. The highest BCUT2D eigenvalue weighted by molar-refractivity contribution is 6.31. The van der Waals surface area contributed by atoms with Crippen LogP contribution in [0.15, 0.2) is 30.5 Å². The van der Waals surface area contributed by atoms with Crippen molar-refractivity contribution in [1.82, 2.24) is 10.3 Å². The Labute approximate surface area is 136 Å². The number of piperidine rings is 1. The normalized spacial score (nSPS) is 23.3. The standard InChI is InChI=1S/C18H22ClN3/c19-14-3-4-15-17(12-14)21-9-5-18(15)22-10-6-13(7-11-22)16-2-1-8-20-16/h3-5,9,12-13,16,20H,1-2,6-8,10-11H2. The van der Waals surface area contributed by atoms with Crippen LogP contribution < -0.4 is 10.2 Å². The molecule has 0 radical (unpaired) electrons. The average molecular weight is 316 g/mol. The molecule has 116 valence electrons. The van der Waals surface area contributed by atoms with Crippen molar-refractivity contribution in [3.63, 3.8) is 0 Å². The predicted molar refractivity (Wildman–Crippen MR) is 92.7 cm³/mol. The van der Waals surface area contributed by atoms with E-state index in [9.17, 15) is 0 Å². The van der Waals surface area contributed by atoms with E-state index in [4.69, 9.17) is 11.6 Å². The fourth-order valence-corrected chi connectivity index (χ4v) is 4.20. The average Bonchev–Trinajstić information content (AvgIpc) is 3.09. The summed E-state index contributed by atoms with van der Waals surface area (Å²) < 4.78 is 0. The lowest BCUT2D eigenvalue weighted by molar-refractivity contribution is 0.319. The minimum Gasteiger partial charge on any atom is -0.371 e. The Balaban J connectivity index is 1.53.